The second kappa shape index (κ2) is 9.18. The van der Waals surface area contributed by atoms with E-state index in [-0.39, 0.29) is 0 Å². The number of benzene rings is 2. The molecule has 2 aromatic rings. The van der Waals surface area contributed by atoms with Gasteiger partial charge in [-0.1, -0.05) is 0 Å². The minimum atomic E-state index is -0.647. The summed E-state index contributed by atoms with van der Waals surface area (Å²) >= 11 is 0. The number of hydrogen-bond donors (Lipinski definition) is 2. The molecule has 0 saturated heterocycles. The first kappa shape index (κ1) is 21.9. The van der Waals surface area contributed by atoms with E-state index in [1.165, 1.54) is 21.3 Å². The summed E-state index contributed by atoms with van der Waals surface area (Å²) in [4.78, 5) is 24.8. The van der Waals surface area contributed by atoms with E-state index in [4.69, 9.17) is 18.9 Å². The fourth-order valence-electron chi connectivity index (χ4n) is 2.49. The zero-order valence-corrected chi connectivity index (χ0v) is 17.4. The van der Waals surface area contributed by atoms with Crippen molar-refractivity contribution in [1.29, 1.82) is 0 Å². The van der Waals surface area contributed by atoms with E-state index in [1.54, 1.807) is 57.2 Å². The van der Waals surface area contributed by atoms with Gasteiger partial charge in [0.15, 0.2) is 0 Å². The van der Waals surface area contributed by atoms with Gasteiger partial charge in [-0.25, -0.2) is 4.79 Å². The van der Waals surface area contributed by atoms with Crippen LogP contribution in [-0.4, -0.2) is 38.9 Å². The van der Waals surface area contributed by atoms with E-state index >= 15 is 0 Å². The Kier molecular flexibility index (Phi) is 6.93. The molecule has 8 nitrogen and oxygen atoms in total. The lowest BCUT2D eigenvalue weighted by Gasteiger charge is -2.20. The Morgan fingerprint density at radius 3 is 2.07 bits per heavy atom. The number of anilines is 2. The van der Waals surface area contributed by atoms with Gasteiger partial charge in [-0.05, 0) is 57.2 Å². The molecular weight excluding hydrogens is 376 g/mol. The van der Waals surface area contributed by atoms with Crippen LogP contribution in [0.5, 0.6) is 17.2 Å². The van der Waals surface area contributed by atoms with E-state index < -0.39 is 17.6 Å². The fourth-order valence-corrected chi connectivity index (χ4v) is 2.49. The summed E-state index contributed by atoms with van der Waals surface area (Å²) in [7, 11) is 4.48. The zero-order valence-electron chi connectivity index (χ0n) is 17.4. The van der Waals surface area contributed by atoms with Crippen LogP contribution in [0.4, 0.5) is 16.2 Å². The molecule has 8 heteroatoms. The summed E-state index contributed by atoms with van der Waals surface area (Å²) < 4.78 is 21.0. The maximum absolute atomic E-state index is 12.7. The number of amides is 2. The highest BCUT2D eigenvalue weighted by Gasteiger charge is 2.19. The molecule has 2 amide bonds. The maximum Gasteiger partial charge on any atom is 0.412 e. The van der Waals surface area contributed by atoms with E-state index in [0.717, 1.165) is 0 Å². The molecule has 2 aromatic carbocycles. The van der Waals surface area contributed by atoms with Crippen LogP contribution in [0, 0.1) is 0 Å². The monoisotopic (exact) mass is 402 g/mol. The van der Waals surface area contributed by atoms with Crippen LogP contribution in [0.25, 0.3) is 0 Å². The molecule has 0 aromatic heterocycles. The first-order chi connectivity index (χ1) is 13.7. The second-order valence-electron chi connectivity index (χ2n) is 7.06. The van der Waals surface area contributed by atoms with Crippen molar-refractivity contribution in [2.75, 3.05) is 32.0 Å². The van der Waals surface area contributed by atoms with Gasteiger partial charge in [0.2, 0.25) is 0 Å². The van der Waals surface area contributed by atoms with Gasteiger partial charge in [0, 0.05) is 5.69 Å². The van der Waals surface area contributed by atoms with Gasteiger partial charge in [-0.2, -0.15) is 0 Å². The van der Waals surface area contributed by atoms with Crippen molar-refractivity contribution in [2.45, 2.75) is 26.4 Å². The van der Waals surface area contributed by atoms with Crippen LogP contribution in [0.2, 0.25) is 0 Å². The normalized spacial score (nSPS) is 10.7. The molecule has 0 aliphatic rings. The number of methoxy groups -OCH3 is 3. The average molecular weight is 402 g/mol. The van der Waals surface area contributed by atoms with Crippen LogP contribution < -0.4 is 24.8 Å². The molecule has 29 heavy (non-hydrogen) atoms. The highest BCUT2D eigenvalue weighted by Crippen LogP contribution is 2.30. The Morgan fingerprint density at radius 2 is 1.48 bits per heavy atom. The van der Waals surface area contributed by atoms with E-state index in [1.807, 2.05) is 0 Å². The van der Waals surface area contributed by atoms with E-state index in [0.29, 0.717) is 34.2 Å². The Labute approximate surface area is 170 Å². The number of hydrogen-bond acceptors (Lipinski definition) is 6. The van der Waals surface area contributed by atoms with Crippen molar-refractivity contribution in [2.24, 2.45) is 0 Å². The lowest BCUT2D eigenvalue weighted by Crippen LogP contribution is -2.27. The molecule has 0 spiro atoms. The third kappa shape index (κ3) is 6.03. The summed E-state index contributed by atoms with van der Waals surface area (Å²) in [6.45, 7) is 5.30. The topological polar surface area (TPSA) is 95.1 Å². The minimum Gasteiger partial charge on any atom is -0.497 e. The first-order valence-electron chi connectivity index (χ1n) is 8.88. The predicted molar refractivity (Wildman–Crippen MR) is 110 cm³/mol. The van der Waals surface area contributed by atoms with Crippen molar-refractivity contribution in [3.63, 3.8) is 0 Å². The van der Waals surface area contributed by atoms with Crippen LogP contribution >= 0.6 is 0 Å². The van der Waals surface area contributed by atoms with Gasteiger partial charge in [0.1, 0.15) is 22.8 Å². The largest absolute Gasteiger partial charge is 0.497 e. The van der Waals surface area contributed by atoms with Gasteiger partial charge in [0.05, 0.1) is 32.6 Å². The third-order valence-corrected chi connectivity index (χ3v) is 3.74. The van der Waals surface area contributed by atoms with Gasteiger partial charge in [-0.3, -0.25) is 10.1 Å². The molecule has 156 valence electrons. The summed E-state index contributed by atoms with van der Waals surface area (Å²) in [5, 5.41) is 5.41. The van der Waals surface area contributed by atoms with Crippen molar-refractivity contribution < 1.29 is 28.5 Å². The van der Waals surface area contributed by atoms with Crippen LogP contribution in [-0.2, 0) is 4.74 Å². The molecule has 0 saturated carbocycles. The Morgan fingerprint density at radius 1 is 0.828 bits per heavy atom. The Hall–Kier alpha value is -3.42. The smallest absolute Gasteiger partial charge is 0.412 e. The number of nitrogens with one attached hydrogen (secondary N) is 2. The molecule has 0 fully saturated rings. The van der Waals surface area contributed by atoms with Gasteiger partial charge < -0.3 is 24.3 Å². The fraction of sp³-hybridized carbons (Fsp3) is 0.333. The molecule has 0 radical (unpaired) electrons. The highest BCUT2D eigenvalue weighted by atomic mass is 16.6. The summed E-state index contributed by atoms with van der Waals surface area (Å²) in [5.74, 6) is 0.962. The number of rotatable bonds is 6. The van der Waals surface area contributed by atoms with Crippen molar-refractivity contribution >= 4 is 23.4 Å². The lowest BCUT2D eigenvalue weighted by atomic mass is 10.1. The third-order valence-electron chi connectivity index (χ3n) is 3.74. The predicted octanol–water partition coefficient (Wildman–Crippen LogP) is 4.31. The molecule has 0 aliphatic heterocycles. The van der Waals surface area contributed by atoms with Crippen LogP contribution in [0.3, 0.4) is 0 Å². The van der Waals surface area contributed by atoms with Gasteiger partial charge >= 0.3 is 6.09 Å². The maximum atomic E-state index is 12.7. The van der Waals surface area contributed by atoms with Crippen molar-refractivity contribution in [1.82, 2.24) is 0 Å². The zero-order chi connectivity index (χ0) is 21.6. The van der Waals surface area contributed by atoms with E-state index in [2.05, 4.69) is 10.6 Å². The Balaban J connectivity index is 2.25. The quantitative estimate of drug-likeness (QED) is 0.748. The molecule has 0 aliphatic carbocycles. The van der Waals surface area contributed by atoms with Crippen LogP contribution in [0.15, 0.2) is 36.4 Å². The second-order valence-corrected chi connectivity index (χ2v) is 7.06. The van der Waals surface area contributed by atoms with Crippen molar-refractivity contribution in [3.05, 3.63) is 42.0 Å². The number of carbonyl (C=O) groups excluding carboxylic acids is 2. The van der Waals surface area contributed by atoms with Gasteiger partial charge in [0.25, 0.3) is 5.91 Å². The molecule has 0 unspecified atom stereocenters. The molecule has 2 rings (SSSR count). The van der Waals surface area contributed by atoms with Crippen LogP contribution in [0.1, 0.15) is 31.1 Å². The van der Waals surface area contributed by atoms with Gasteiger partial charge in [-0.15, -0.1) is 0 Å². The van der Waals surface area contributed by atoms with E-state index in [9.17, 15) is 9.59 Å². The standard InChI is InChI=1S/C21H26N2O6/c1-21(2,3)29-20(25)23-16-11-13(7-9-18(16)28-6)22-19(24)15-12-14(26-4)8-10-17(15)27-5/h7-12H,1-6H3,(H,22,24)(H,23,25). The number of ether oxygens (including phenoxy) is 4. The average Bonchev–Trinajstić information content (AvgIpc) is 2.66. The number of carbonyl (C=O) groups is 2. The summed E-state index contributed by atoms with van der Waals surface area (Å²) in [6, 6.07) is 9.79. The summed E-state index contributed by atoms with van der Waals surface area (Å²) in [6.07, 6.45) is -0.631. The molecule has 0 heterocycles. The molecule has 0 atom stereocenters. The minimum absolute atomic E-state index is 0.310. The molecular formula is C21H26N2O6. The summed E-state index contributed by atoms with van der Waals surface area (Å²) in [5.41, 5.74) is 0.472. The SMILES string of the molecule is COc1ccc(OC)c(C(=O)Nc2ccc(OC)c(NC(=O)OC(C)(C)C)c2)c1. The van der Waals surface area contributed by atoms with Crippen molar-refractivity contribution in [3.8, 4) is 17.2 Å². The Bertz CT molecular complexity index is 889. The first-order valence-corrected chi connectivity index (χ1v) is 8.88. The molecule has 0 bridgehead atoms. The molecule has 2 N–H and O–H groups in total. The highest BCUT2D eigenvalue weighted by molar-refractivity contribution is 6.07. The lowest BCUT2D eigenvalue weighted by molar-refractivity contribution is 0.0635.